The van der Waals surface area contributed by atoms with Crippen molar-refractivity contribution in [2.45, 2.75) is 45.1 Å². The number of amides is 2. The summed E-state index contributed by atoms with van der Waals surface area (Å²) in [6.45, 7) is 3.15. The molecule has 0 aromatic carbocycles. The van der Waals surface area contributed by atoms with Gasteiger partial charge in [0.15, 0.2) is 11.6 Å². The zero-order chi connectivity index (χ0) is 24.1. The van der Waals surface area contributed by atoms with E-state index in [-0.39, 0.29) is 35.9 Å². The molecule has 2 heterocycles. The van der Waals surface area contributed by atoms with Gasteiger partial charge in [-0.25, -0.2) is 5.06 Å². The van der Waals surface area contributed by atoms with Crippen molar-refractivity contribution < 1.29 is 19.2 Å². The summed E-state index contributed by atoms with van der Waals surface area (Å²) < 4.78 is 15.3. The highest BCUT2D eigenvalue weighted by Crippen LogP contribution is 2.32. The molecule has 1 aromatic heterocycles. The summed E-state index contributed by atoms with van der Waals surface area (Å²) in [6, 6.07) is 0.241. The van der Waals surface area contributed by atoms with E-state index in [4.69, 9.17) is 11.6 Å². The SMILES string of the molecule is C[C@@H]1CN(c2nc(Cl)nc(NNC(=O)[C@H](CC3CCCC3)CN(O)C=O)c2F)C[C@H]1N(C)C. The van der Waals surface area contributed by atoms with Gasteiger partial charge >= 0.3 is 0 Å². The van der Waals surface area contributed by atoms with Crippen molar-refractivity contribution in [2.75, 3.05) is 44.1 Å². The van der Waals surface area contributed by atoms with Crippen LogP contribution in [0, 0.1) is 23.6 Å². The second-order valence-corrected chi connectivity index (χ2v) is 9.65. The van der Waals surface area contributed by atoms with Crippen LogP contribution in [0.2, 0.25) is 5.28 Å². The van der Waals surface area contributed by atoms with Crippen LogP contribution >= 0.6 is 11.6 Å². The Morgan fingerprint density at radius 2 is 2.03 bits per heavy atom. The van der Waals surface area contributed by atoms with Crippen LogP contribution in [0.3, 0.4) is 0 Å². The van der Waals surface area contributed by atoms with Gasteiger partial charge in [-0.05, 0) is 44.0 Å². The monoisotopic (exact) mass is 485 g/mol. The quantitative estimate of drug-likeness (QED) is 0.200. The molecule has 0 unspecified atom stereocenters. The highest BCUT2D eigenvalue weighted by atomic mass is 35.5. The fourth-order valence-corrected chi connectivity index (χ4v) is 5.07. The van der Waals surface area contributed by atoms with Crippen LogP contribution in [0.25, 0.3) is 0 Å². The fourth-order valence-electron chi connectivity index (χ4n) is 4.90. The summed E-state index contributed by atoms with van der Waals surface area (Å²) in [5.41, 5.74) is 4.99. The van der Waals surface area contributed by atoms with Crippen molar-refractivity contribution in [3.05, 3.63) is 11.1 Å². The number of hydrogen-bond donors (Lipinski definition) is 3. The Morgan fingerprint density at radius 1 is 1.33 bits per heavy atom. The van der Waals surface area contributed by atoms with Crippen LogP contribution in [-0.2, 0) is 9.59 Å². The van der Waals surface area contributed by atoms with Gasteiger partial charge < -0.3 is 9.80 Å². The molecular weight excluding hydrogens is 453 g/mol. The van der Waals surface area contributed by atoms with E-state index < -0.39 is 17.6 Å². The number of hydrogen-bond acceptors (Lipinski definition) is 8. The summed E-state index contributed by atoms with van der Waals surface area (Å²) in [7, 11) is 3.97. The van der Waals surface area contributed by atoms with Gasteiger partial charge in [-0.2, -0.15) is 14.4 Å². The minimum atomic E-state index is -0.713. The number of rotatable bonds is 10. The molecule has 0 spiro atoms. The average Bonchev–Trinajstić information content (AvgIpc) is 3.42. The molecule has 1 aliphatic heterocycles. The van der Waals surface area contributed by atoms with E-state index >= 15 is 4.39 Å². The van der Waals surface area contributed by atoms with E-state index in [1.807, 2.05) is 19.0 Å². The third-order valence-electron chi connectivity index (χ3n) is 6.64. The molecule has 2 aliphatic rings. The second kappa shape index (κ2) is 11.3. The fraction of sp³-hybridized carbons (Fsp3) is 0.714. The van der Waals surface area contributed by atoms with E-state index in [9.17, 15) is 14.8 Å². The van der Waals surface area contributed by atoms with E-state index in [1.54, 1.807) is 0 Å². The van der Waals surface area contributed by atoms with Gasteiger partial charge in [0.05, 0.1) is 12.5 Å². The van der Waals surface area contributed by atoms with Gasteiger partial charge in [-0.3, -0.25) is 25.6 Å². The average molecular weight is 486 g/mol. The van der Waals surface area contributed by atoms with Crippen molar-refractivity contribution in [1.82, 2.24) is 25.4 Å². The number of nitrogens with one attached hydrogen (secondary N) is 2. The highest BCUT2D eigenvalue weighted by Gasteiger charge is 2.34. The Hall–Kier alpha value is -2.24. The lowest BCUT2D eigenvalue weighted by Gasteiger charge is -2.24. The van der Waals surface area contributed by atoms with Crippen LogP contribution in [0.5, 0.6) is 0 Å². The number of carbonyl (C=O) groups excluding carboxylic acids is 2. The summed E-state index contributed by atoms with van der Waals surface area (Å²) in [4.78, 5) is 35.6. The first-order valence-corrected chi connectivity index (χ1v) is 11.7. The van der Waals surface area contributed by atoms with Crippen molar-refractivity contribution in [2.24, 2.45) is 17.8 Å². The minimum absolute atomic E-state index is 0.0768. The van der Waals surface area contributed by atoms with Gasteiger partial charge in [0.25, 0.3) is 0 Å². The number of likely N-dealkylation sites (N-methyl/N-ethyl adjacent to an activating group) is 1. The van der Waals surface area contributed by atoms with Crippen LogP contribution in [-0.4, -0.2) is 77.2 Å². The number of aromatic nitrogens is 2. The lowest BCUT2D eigenvalue weighted by atomic mass is 9.92. The number of hydrazine groups is 1. The first-order valence-electron chi connectivity index (χ1n) is 11.3. The largest absolute Gasteiger partial charge is 0.352 e. The number of hydroxylamine groups is 2. The molecule has 0 bridgehead atoms. The van der Waals surface area contributed by atoms with Crippen LogP contribution in [0.15, 0.2) is 0 Å². The maximum absolute atomic E-state index is 15.3. The molecular formula is C21H33ClFN7O3. The first-order chi connectivity index (χ1) is 15.7. The summed E-state index contributed by atoms with van der Waals surface area (Å²) in [5.74, 6) is -1.35. The Morgan fingerprint density at radius 3 is 2.64 bits per heavy atom. The van der Waals surface area contributed by atoms with Gasteiger partial charge in [-0.1, -0.05) is 32.6 Å². The normalized spacial score (nSPS) is 22.0. The maximum atomic E-state index is 15.3. The second-order valence-electron chi connectivity index (χ2n) is 9.32. The molecule has 10 nitrogen and oxygen atoms in total. The van der Waals surface area contributed by atoms with Crippen molar-refractivity contribution in [3.8, 4) is 0 Å². The standard InChI is InChI=1S/C21H33ClFN7O3/c1-13-9-29(11-16(13)28(2)3)19-17(23)18(24-21(22)25-19)26-27-20(32)15(10-30(33)12-31)8-14-6-4-5-7-14/h12-16,33H,4-11H2,1-3H3,(H,27,32)(H,24,25,26)/t13-,15-,16-/m1/s1. The molecule has 0 radical (unpaired) electrons. The topological polar surface area (TPSA) is 114 Å². The third-order valence-corrected chi connectivity index (χ3v) is 6.81. The van der Waals surface area contributed by atoms with E-state index in [1.165, 1.54) is 0 Å². The van der Waals surface area contributed by atoms with Crippen molar-refractivity contribution in [1.29, 1.82) is 0 Å². The third kappa shape index (κ3) is 6.42. The van der Waals surface area contributed by atoms with Gasteiger partial charge in [0.2, 0.25) is 23.4 Å². The lowest BCUT2D eigenvalue weighted by molar-refractivity contribution is -0.154. The molecule has 3 atom stereocenters. The molecule has 1 saturated heterocycles. The molecule has 2 fully saturated rings. The number of nitrogens with zero attached hydrogens (tertiary/aromatic N) is 5. The molecule has 3 N–H and O–H groups in total. The van der Waals surface area contributed by atoms with E-state index in [0.717, 1.165) is 25.7 Å². The molecule has 2 amide bonds. The zero-order valence-corrected chi connectivity index (χ0v) is 20.1. The molecule has 184 valence electrons. The Bertz CT molecular complexity index is 840. The smallest absolute Gasteiger partial charge is 0.243 e. The van der Waals surface area contributed by atoms with Gasteiger partial charge in [0.1, 0.15) is 0 Å². The molecule has 1 aromatic rings. The van der Waals surface area contributed by atoms with Crippen molar-refractivity contribution in [3.63, 3.8) is 0 Å². The first kappa shape index (κ1) is 25.4. The molecule has 1 aliphatic carbocycles. The molecule has 1 saturated carbocycles. The van der Waals surface area contributed by atoms with Crippen LogP contribution < -0.4 is 15.8 Å². The van der Waals surface area contributed by atoms with Gasteiger partial charge in [-0.15, -0.1) is 0 Å². The predicted molar refractivity (Wildman–Crippen MR) is 122 cm³/mol. The maximum Gasteiger partial charge on any atom is 0.243 e. The number of anilines is 2. The Kier molecular flexibility index (Phi) is 8.66. The Labute approximate surface area is 198 Å². The lowest BCUT2D eigenvalue weighted by Crippen LogP contribution is -2.41. The number of carbonyl (C=O) groups is 2. The molecule has 12 heteroatoms. The minimum Gasteiger partial charge on any atom is -0.352 e. The zero-order valence-electron chi connectivity index (χ0n) is 19.3. The molecule has 33 heavy (non-hydrogen) atoms. The molecule has 3 rings (SSSR count). The number of halogens is 2. The summed E-state index contributed by atoms with van der Waals surface area (Å²) in [5, 5.41) is 9.92. The van der Waals surface area contributed by atoms with Crippen LogP contribution in [0.1, 0.15) is 39.0 Å². The van der Waals surface area contributed by atoms with E-state index in [2.05, 4.69) is 32.6 Å². The van der Waals surface area contributed by atoms with Crippen LogP contribution in [0.4, 0.5) is 16.0 Å². The van der Waals surface area contributed by atoms with Crippen molar-refractivity contribution >= 4 is 35.6 Å². The van der Waals surface area contributed by atoms with Gasteiger partial charge in [0, 0.05) is 19.1 Å². The van der Waals surface area contributed by atoms with E-state index in [0.29, 0.717) is 36.4 Å². The summed E-state index contributed by atoms with van der Waals surface area (Å²) in [6.07, 6.45) is 5.00. The predicted octanol–water partition coefficient (Wildman–Crippen LogP) is 2.14. The summed E-state index contributed by atoms with van der Waals surface area (Å²) >= 11 is 6.06. The highest BCUT2D eigenvalue weighted by molar-refractivity contribution is 6.28. The Balaban J connectivity index is 1.70.